The minimum Gasteiger partial charge on any atom is -0.383 e. The van der Waals surface area contributed by atoms with Crippen LogP contribution >= 0.6 is 24.0 Å². The molecule has 0 aliphatic carbocycles. The molecule has 0 bridgehead atoms. The normalized spacial score (nSPS) is 16.8. The van der Waals surface area contributed by atoms with Gasteiger partial charge in [-0.2, -0.15) is 0 Å². The zero-order chi connectivity index (χ0) is 17.2. The van der Waals surface area contributed by atoms with Crippen molar-refractivity contribution in [1.82, 2.24) is 15.5 Å². The van der Waals surface area contributed by atoms with E-state index in [1.165, 1.54) is 11.1 Å². The number of benzene rings is 1. The summed E-state index contributed by atoms with van der Waals surface area (Å²) in [6.45, 7) is 7.82. The first-order valence-electron chi connectivity index (χ1n) is 8.56. The van der Waals surface area contributed by atoms with Crippen LogP contribution < -0.4 is 10.6 Å². The van der Waals surface area contributed by atoms with Crippen molar-refractivity contribution in [1.29, 1.82) is 0 Å². The van der Waals surface area contributed by atoms with E-state index in [-0.39, 0.29) is 24.0 Å². The Balaban J connectivity index is 0.00000312. The predicted molar refractivity (Wildman–Crippen MR) is 113 cm³/mol. The van der Waals surface area contributed by atoms with Crippen molar-refractivity contribution in [3.63, 3.8) is 0 Å². The van der Waals surface area contributed by atoms with Gasteiger partial charge in [0.2, 0.25) is 0 Å². The standard InChI is InChI=1S/C18H30N4O2.HI/c1-15-4-6-16(7-5-15)17(22-9-12-24-13-10-22)14-21-18(19-2)20-8-11-23-3;/h4-7,17H,8-14H2,1-3H3,(H2,19,20,21);1H. The van der Waals surface area contributed by atoms with Gasteiger partial charge in [-0.25, -0.2) is 0 Å². The molecule has 25 heavy (non-hydrogen) atoms. The van der Waals surface area contributed by atoms with Crippen LogP contribution in [0.2, 0.25) is 0 Å². The molecular formula is C18H31IN4O2. The summed E-state index contributed by atoms with van der Waals surface area (Å²) in [5.74, 6) is 0.803. The average Bonchev–Trinajstić information content (AvgIpc) is 2.63. The van der Waals surface area contributed by atoms with Gasteiger partial charge in [-0.3, -0.25) is 9.89 Å². The van der Waals surface area contributed by atoms with Crippen molar-refractivity contribution < 1.29 is 9.47 Å². The number of hydrogen-bond donors (Lipinski definition) is 2. The molecule has 1 fully saturated rings. The van der Waals surface area contributed by atoms with Crippen LogP contribution in [-0.4, -0.2) is 71.0 Å². The molecule has 1 aromatic rings. The van der Waals surface area contributed by atoms with Crippen LogP contribution in [0, 0.1) is 6.92 Å². The Bertz CT molecular complexity index is 504. The molecule has 0 spiro atoms. The second-order valence-electron chi connectivity index (χ2n) is 5.95. The second kappa shape index (κ2) is 12.5. The summed E-state index contributed by atoms with van der Waals surface area (Å²) in [6, 6.07) is 9.09. The maximum atomic E-state index is 5.51. The average molecular weight is 462 g/mol. The molecule has 1 aliphatic heterocycles. The Morgan fingerprint density at radius 1 is 1.24 bits per heavy atom. The second-order valence-corrected chi connectivity index (χ2v) is 5.95. The summed E-state index contributed by atoms with van der Waals surface area (Å²) in [7, 11) is 3.49. The number of nitrogens with zero attached hydrogens (tertiary/aromatic N) is 2. The Hall–Kier alpha value is -0.900. The van der Waals surface area contributed by atoms with Gasteiger partial charge in [0, 0.05) is 40.3 Å². The van der Waals surface area contributed by atoms with Crippen LogP contribution in [0.4, 0.5) is 0 Å². The lowest BCUT2D eigenvalue weighted by Crippen LogP contribution is -2.46. The molecule has 1 aromatic carbocycles. The molecule has 1 aliphatic rings. The third kappa shape index (κ3) is 7.47. The molecule has 1 atom stereocenters. The van der Waals surface area contributed by atoms with Crippen molar-refractivity contribution in [2.75, 3.05) is 60.2 Å². The van der Waals surface area contributed by atoms with Gasteiger partial charge in [0.1, 0.15) is 0 Å². The van der Waals surface area contributed by atoms with E-state index >= 15 is 0 Å². The van der Waals surface area contributed by atoms with Crippen LogP contribution in [0.3, 0.4) is 0 Å². The first-order chi connectivity index (χ1) is 11.7. The van der Waals surface area contributed by atoms with Crippen molar-refractivity contribution in [3.05, 3.63) is 35.4 Å². The summed E-state index contributed by atoms with van der Waals surface area (Å²) < 4.78 is 10.6. The number of methoxy groups -OCH3 is 1. The van der Waals surface area contributed by atoms with Gasteiger partial charge in [0.25, 0.3) is 0 Å². The number of guanidine groups is 1. The zero-order valence-electron chi connectivity index (χ0n) is 15.5. The summed E-state index contributed by atoms with van der Waals surface area (Å²) in [6.07, 6.45) is 0. The maximum absolute atomic E-state index is 5.51. The highest BCUT2D eigenvalue weighted by Crippen LogP contribution is 2.21. The van der Waals surface area contributed by atoms with Crippen molar-refractivity contribution >= 4 is 29.9 Å². The van der Waals surface area contributed by atoms with E-state index in [2.05, 4.69) is 51.7 Å². The molecule has 1 heterocycles. The van der Waals surface area contributed by atoms with E-state index < -0.39 is 0 Å². The van der Waals surface area contributed by atoms with E-state index in [1.54, 1.807) is 14.2 Å². The van der Waals surface area contributed by atoms with Gasteiger partial charge in [0.05, 0.1) is 25.9 Å². The maximum Gasteiger partial charge on any atom is 0.191 e. The highest BCUT2D eigenvalue weighted by molar-refractivity contribution is 14.0. The third-order valence-electron chi connectivity index (χ3n) is 4.23. The minimum atomic E-state index is 0. The van der Waals surface area contributed by atoms with Crippen LogP contribution in [0.5, 0.6) is 0 Å². The molecule has 6 nitrogen and oxygen atoms in total. The lowest BCUT2D eigenvalue weighted by molar-refractivity contribution is 0.0170. The van der Waals surface area contributed by atoms with Gasteiger partial charge in [0.15, 0.2) is 5.96 Å². The number of ether oxygens (including phenoxy) is 2. The van der Waals surface area contributed by atoms with Crippen molar-refractivity contribution in [2.45, 2.75) is 13.0 Å². The van der Waals surface area contributed by atoms with E-state index in [0.717, 1.165) is 45.4 Å². The molecule has 2 rings (SSSR count). The molecule has 142 valence electrons. The Labute approximate surface area is 168 Å². The smallest absolute Gasteiger partial charge is 0.191 e. The molecule has 1 saturated heterocycles. The quantitative estimate of drug-likeness (QED) is 0.280. The predicted octanol–water partition coefficient (Wildman–Crippen LogP) is 1.80. The number of halogens is 1. The Morgan fingerprint density at radius 2 is 1.92 bits per heavy atom. The van der Waals surface area contributed by atoms with Gasteiger partial charge in [-0.1, -0.05) is 29.8 Å². The topological polar surface area (TPSA) is 58.1 Å². The molecule has 0 saturated carbocycles. The number of hydrogen-bond acceptors (Lipinski definition) is 4. The monoisotopic (exact) mass is 462 g/mol. The summed E-state index contributed by atoms with van der Waals surface area (Å²) >= 11 is 0. The fourth-order valence-corrected chi connectivity index (χ4v) is 2.82. The number of aliphatic imine (C=N–C) groups is 1. The van der Waals surface area contributed by atoms with E-state index in [9.17, 15) is 0 Å². The van der Waals surface area contributed by atoms with E-state index in [4.69, 9.17) is 9.47 Å². The number of rotatable bonds is 7. The van der Waals surface area contributed by atoms with Crippen molar-refractivity contribution in [2.24, 2.45) is 4.99 Å². The van der Waals surface area contributed by atoms with Crippen LogP contribution in [0.15, 0.2) is 29.3 Å². The lowest BCUT2D eigenvalue weighted by Gasteiger charge is -2.35. The van der Waals surface area contributed by atoms with Crippen LogP contribution in [0.1, 0.15) is 17.2 Å². The molecule has 0 aromatic heterocycles. The van der Waals surface area contributed by atoms with Gasteiger partial charge in [-0.05, 0) is 12.5 Å². The highest BCUT2D eigenvalue weighted by Gasteiger charge is 2.22. The zero-order valence-corrected chi connectivity index (χ0v) is 17.8. The number of nitrogens with one attached hydrogen (secondary N) is 2. The van der Waals surface area contributed by atoms with Gasteiger partial charge < -0.3 is 20.1 Å². The Morgan fingerprint density at radius 3 is 2.52 bits per heavy atom. The lowest BCUT2D eigenvalue weighted by atomic mass is 10.0. The fourth-order valence-electron chi connectivity index (χ4n) is 2.82. The van der Waals surface area contributed by atoms with Gasteiger partial charge in [-0.15, -0.1) is 24.0 Å². The van der Waals surface area contributed by atoms with E-state index in [1.807, 2.05) is 0 Å². The van der Waals surface area contributed by atoms with Crippen LogP contribution in [-0.2, 0) is 9.47 Å². The van der Waals surface area contributed by atoms with Gasteiger partial charge >= 0.3 is 0 Å². The Kier molecular flexibility index (Phi) is 11.0. The highest BCUT2D eigenvalue weighted by atomic mass is 127. The number of aryl methyl sites for hydroxylation is 1. The molecule has 2 N–H and O–H groups in total. The molecular weight excluding hydrogens is 431 g/mol. The molecule has 7 heteroatoms. The number of morpholine rings is 1. The van der Waals surface area contributed by atoms with Crippen molar-refractivity contribution in [3.8, 4) is 0 Å². The van der Waals surface area contributed by atoms with Crippen LogP contribution in [0.25, 0.3) is 0 Å². The first kappa shape index (κ1) is 22.1. The summed E-state index contributed by atoms with van der Waals surface area (Å²) in [5, 5.41) is 6.70. The fraction of sp³-hybridized carbons (Fsp3) is 0.611. The largest absolute Gasteiger partial charge is 0.383 e. The SMILES string of the molecule is CN=C(NCCOC)NCC(c1ccc(C)cc1)N1CCOCC1.I. The third-order valence-corrected chi connectivity index (χ3v) is 4.23. The summed E-state index contributed by atoms with van der Waals surface area (Å²) in [4.78, 5) is 6.76. The first-order valence-corrected chi connectivity index (χ1v) is 8.56. The minimum absolute atomic E-state index is 0. The molecule has 0 radical (unpaired) electrons. The summed E-state index contributed by atoms with van der Waals surface area (Å²) in [5.41, 5.74) is 2.60. The van der Waals surface area contributed by atoms with E-state index in [0.29, 0.717) is 12.6 Å². The molecule has 0 amide bonds. The molecule has 1 unspecified atom stereocenters.